The zero-order valence-electron chi connectivity index (χ0n) is 10.2. The van der Waals surface area contributed by atoms with Crippen LogP contribution in [0.5, 0.6) is 0 Å². The van der Waals surface area contributed by atoms with E-state index in [4.69, 9.17) is 0 Å². The topological polar surface area (TPSA) is 69.6 Å². The van der Waals surface area contributed by atoms with Crippen LogP contribution in [0.4, 0.5) is 4.79 Å². The molecule has 2 rings (SSSR count). The van der Waals surface area contributed by atoms with Gasteiger partial charge in [0.2, 0.25) is 0 Å². The molecule has 0 aromatic heterocycles. The van der Waals surface area contributed by atoms with Crippen molar-refractivity contribution >= 4 is 12.0 Å². The molecule has 0 spiro atoms. The molecule has 0 bridgehead atoms. The highest BCUT2D eigenvalue weighted by Crippen LogP contribution is 2.30. The van der Waals surface area contributed by atoms with Gasteiger partial charge in [0.25, 0.3) is 0 Å². The maximum absolute atomic E-state index is 12.0. The van der Waals surface area contributed by atoms with E-state index in [2.05, 4.69) is 5.32 Å². The van der Waals surface area contributed by atoms with Crippen LogP contribution in [0.25, 0.3) is 0 Å². The molecule has 5 heteroatoms. The molecule has 17 heavy (non-hydrogen) atoms. The SMILES string of the molecule is CC1(C(=O)O)CCCCN1C(=O)NCC1CC1. The summed E-state index contributed by atoms with van der Waals surface area (Å²) in [6.07, 6.45) is 4.65. The zero-order chi connectivity index (χ0) is 12.5. The molecule has 2 amide bonds. The molecule has 5 nitrogen and oxygen atoms in total. The summed E-state index contributed by atoms with van der Waals surface area (Å²) in [5.74, 6) is -0.293. The van der Waals surface area contributed by atoms with Crippen molar-refractivity contribution in [1.82, 2.24) is 10.2 Å². The molecule has 96 valence electrons. The summed E-state index contributed by atoms with van der Waals surface area (Å²) in [7, 11) is 0. The smallest absolute Gasteiger partial charge is 0.329 e. The second-order valence-corrected chi connectivity index (χ2v) is 5.32. The summed E-state index contributed by atoms with van der Waals surface area (Å²) >= 11 is 0. The minimum absolute atomic E-state index is 0.221. The third kappa shape index (κ3) is 2.53. The van der Waals surface area contributed by atoms with E-state index in [-0.39, 0.29) is 6.03 Å². The number of rotatable bonds is 3. The Hall–Kier alpha value is -1.26. The maximum Gasteiger partial charge on any atom is 0.329 e. The van der Waals surface area contributed by atoms with Gasteiger partial charge in [0.1, 0.15) is 5.54 Å². The van der Waals surface area contributed by atoms with Gasteiger partial charge in [-0.05, 0) is 44.9 Å². The lowest BCUT2D eigenvalue weighted by Crippen LogP contribution is -2.60. The molecule has 1 atom stereocenters. The van der Waals surface area contributed by atoms with E-state index in [0.717, 1.165) is 12.8 Å². The van der Waals surface area contributed by atoms with Crippen LogP contribution in [0.1, 0.15) is 39.0 Å². The Kier molecular flexibility index (Phi) is 3.26. The molecule has 2 aliphatic rings. The van der Waals surface area contributed by atoms with E-state index in [0.29, 0.717) is 25.4 Å². The number of amides is 2. The fourth-order valence-corrected chi connectivity index (χ4v) is 2.32. The number of hydrogen-bond acceptors (Lipinski definition) is 2. The van der Waals surface area contributed by atoms with Gasteiger partial charge in [-0.3, -0.25) is 0 Å². The number of hydrogen-bond donors (Lipinski definition) is 2. The first-order valence-corrected chi connectivity index (χ1v) is 6.33. The number of carboxylic acid groups (broad SMARTS) is 1. The summed E-state index contributed by atoms with van der Waals surface area (Å²) in [6.45, 7) is 2.87. The van der Waals surface area contributed by atoms with Crippen molar-refractivity contribution in [2.24, 2.45) is 5.92 Å². The first-order valence-electron chi connectivity index (χ1n) is 6.33. The van der Waals surface area contributed by atoms with Crippen molar-refractivity contribution in [2.45, 2.75) is 44.6 Å². The lowest BCUT2D eigenvalue weighted by Gasteiger charge is -2.41. The second kappa shape index (κ2) is 4.55. The number of carboxylic acids is 1. The highest BCUT2D eigenvalue weighted by atomic mass is 16.4. The molecular formula is C12H20N2O3. The maximum atomic E-state index is 12.0. The first-order chi connectivity index (χ1) is 8.04. The fraction of sp³-hybridized carbons (Fsp3) is 0.833. The predicted molar refractivity (Wildman–Crippen MR) is 62.7 cm³/mol. The lowest BCUT2D eigenvalue weighted by atomic mass is 9.89. The number of piperidine rings is 1. The number of nitrogens with one attached hydrogen (secondary N) is 1. The average Bonchev–Trinajstić information content (AvgIpc) is 3.10. The Bertz CT molecular complexity index is 328. The van der Waals surface area contributed by atoms with Crippen molar-refractivity contribution in [2.75, 3.05) is 13.1 Å². The van der Waals surface area contributed by atoms with Crippen molar-refractivity contribution in [3.63, 3.8) is 0 Å². The van der Waals surface area contributed by atoms with Crippen LogP contribution in [0.3, 0.4) is 0 Å². The minimum atomic E-state index is -1.04. The highest BCUT2D eigenvalue weighted by molar-refractivity contribution is 5.86. The summed E-state index contributed by atoms with van der Waals surface area (Å²) < 4.78 is 0. The van der Waals surface area contributed by atoms with Gasteiger partial charge >= 0.3 is 12.0 Å². The number of likely N-dealkylation sites (tertiary alicyclic amines) is 1. The molecule has 0 aromatic rings. The molecule has 1 aliphatic heterocycles. The number of urea groups is 1. The molecule has 1 unspecified atom stereocenters. The fourth-order valence-electron chi connectivity index (χ4n) is 2.32. The quantitative estimate of drug-likeness (QED) is 0.784. The molecule has 2 N–H and O–H groups in total. The Morgan fingerprint density at radius 1 is 1.41 bits per heavy atom. The van der Waals surface area contributed by atoms with Crippen molar-refractivity contribution < 1.29 is 14.7 Å². The average molecular weight is 240 g/mol. The third-order valence-corrected chi connectivity index (χ3v) is 3.84. The van der Waals surface area contributed by atoms with E-state index in [9.17, 15) is 14.7 Å². The van der Waals surface area contributed by atoms with Crippen LogP contribution in [0.15, 0.2) is 0 Å². The molecular weight excluding hydrogens is 220 g/mol. The van der Waals surface area contributed by atoms with E-state index >= 15 is 0 Å². The molecule has 1 aliphatic carbocycles. The zero-order valence-corrected chi connectivity index (χ0v) is 10.2. The second-order valence-electron chi connectivity index (χ2n) is 5.32. The Balaban J connectivity index is 1.99. The molecule has 1 saturated carbocycles. The summed E-state index contributed by atoms with van der Waals surface area (Å²) in [5, 5.41) is 12.1. The molecule has 1 saturated heterocycles. The lowest BCUT2D eigenvalue weighted by molar-refractivity contribution is -0.150. The molecule has 0 aromatic carbocycles. The van der Waals surface area contributed by atoms with E-state index in [1.165, 1.54) is 17.7 Å². The normalized spacial score (nSPS) is 28.9. The summed E-state index contributed by atoms with van der Waals surface area (Å²) in [4.78, 5) is 24.8. The number of carbonyl (C=O) groups excluding carboxylic acids is 1. The first kappa shape index (κ1) is 12.2. The summed E-state index contributed by atoms with van der Waals surface area (Å²) in [5.41, 5.74) is -1.04. The van der Waals surface area contributed by atoms with Gasteiger partial charge in [-0.1, -0.05) is 0 Å². The van der Waals surface area contributed by atoms with E-state index < -0.39 is 11.5 Å². The Labute approximate surface area is 101 Å². The largest absolute Gasteiger partial charge is 0.480 e. The van der Waals surface area contributed by atoms with Gasteiger partial charge < -0.3 is 15.3 Å². The van der Waals surface area contributed by atoms with Crippen LogP contribution in [-0.2, 0) is 4.79 Å². The monoisotopic (exact) mass is 240 g/mol. The van der Waals surface area contributed by atoms with Gasteiger partial charge in [-0.15, -0.1) is 0 Å². The van der Waals surface area contributed by atoms with Crippen molar-refractivity contribution in [3.05, 3.63) is 0 Å². The minimum Gasteiger partial charge on any atom is -0.480 e. The van der Waals surface area contributed by atoms with Gasteiger partial charge in [0.15, 0.2) is 0 Å². The number of carbonyl (C=O) groups is 2. The molecule has 2 fully saturated rings. The van der Waals surface area contributed by atoms with Crippen LogP contribution >= 0.6 is 0 Å². The van der Waals surface area contributed by atoms with Crippen molar-refractivity contribution in [1.29, 1.82) is 0 Å². The molecule has 1 heterocycles. The van der Waals surface area contributed by atoms with Gasteiger partial charge in [0.05, 0.1) is 0 Å². The van der Waals surface area contributed by atoms with E-state index in [1.54, 1.807) is 6.92 Å². The highest BCUT2D eigenvalue weighted by Gasteiger charge is 2.44. The Morgan fingerprint density at radius 2 is 2.12 bits per heavy atom. The third-order valence-electron chi connectivity index (χ3n) is 3.84. The van der Waals surface area contributed by atoms with Gasteiger partial charge in [-0.2, -0.15) is 0 Å². The van der Waals surface area contributed by atoms with Crippen LogP contribution in [0, 0.1) is 5.92 Å². The van der Waals surface area contributed by atoms with Gasteiger partial charge in [-0.25, -0.2) is 9.59 Å². The molecule has 0 radical (unpaired) electrons. The number of aliphatic carboxylic acids is 1. The number of nitrogens with zero attached hydrogens (tertiary/aromatic N) is 1. The standard InChI is InChI=1S/C12H20N2O3/c1-12(10(15)16)6-2-3-7-14(12)11(17)13-8-9-4-5-9/h9H,2-8H2,1H3,(H,13,17)(H,15,16). The van der Waals surface area contributed by atoms with E-state index in [1.807, 2.05) is 0 Å². The summed E-state index contributed by atoms with van der Waals surface area (Å²) in [6, 6.07) is -0.221. The van der Waals surface area contributed by atoms with Crippen LogP contribution < -0.4 is 5.32 Å². The van der Waals surface area contributed by atoms with Crippen molar-refractivity contribution in [3.8, 4) is 0 Å². The predicted octanol–water partition coefficient (Wildman–Crippen LogP) is 1.44. The Morgan fingerprint density at radius 3 is 2.71 bits per heavy atom. The van der Waals surface area contributed by atoms with Gasteiger partial charge in [0, 0.05) is 13.1 Å². The van der Waals surface area contributed by atoms with Crippen LogP contribution in [-0.4, -0.2) is 40.6 Å². The van der Waals surface area contributed by atoms with Crippen LogP contribution in [0.2, 0.25) is 0 Å².